The molecule has 1 saturated carbocycles. The summed E-state index contributed by atoms with van der Waals surface area (Å²) in [6, 6.07) is 0.719. The van der Waals surface area contributed by atoms with Crippen LogP contribution in [0.2, 0.25) is 0 Å². The minimum Gasteiger partial charge on any atom is -0.317 e. The monoisotopic (exact) mass is 493 g/mol. The maximum absolute atomic E-state index is 3.33. The van der Waals surface area contributed by atoms with E-state index in [0.717, 1.165) is 12.0 Å². The van der Waals surface area contributed by atoms with Gasteiger partial charge in [-0.15, -0.1) is 0 Å². The number of nitrogens with one attached hydrogen (secondary N) is 1. The van der Waals surface area contributed by atoms with Gasteiger partial charge in [-0.3, -0.25) is 0 Å². The van der Waals surface area contributed by atoms with Crippen LogP contribution in [0.15, 0.2) is 11.6 Å². The molecule has 0 aromatic rings. The first-order chi connectivity index (χ1) is 15.7. The second-order valence-electron chi connectivity index (χ2n) is 14.9. The van der Waals surface area contributed by atoms with Gasteiger partial charge in [-0.1, -0.05) is 120 Å². The normalized spacial score (nSPS) is 22.6. The highest BCUT2D eigenvalue weighted by molar-refractivity contribution is 5.14. The molecule has 1 unspecified atom stereocenters. The summed E-state index contributed by atoms with van der Waals surface area (Å²) in [5, 5.41) is 3.33. The minimum atomic E-state index is 0. The van der Waals surface area contributed by atoms with Crippen molar-refractivity contribution in [1.82, 2.24) is 10.2 Å². The van der Waals surface area contributed by atoms with Crippen LogP contribution in [0.3, 0.4) is 0 Å². The Kier molecular flexibility index (Phi) is 16.3. The van der Waals surface area contributed by atoms with Crippen molar-refractivity contribution in [2.24, 2.45) is 22.2 Å². The molecule has 1 atom stereocenters. The van der Waals surface area contributed by atoms with E-state index in [1.807, 2.05) is 0 Å². The summed E-state index contributed by atoms with van der Waals surface area (Å²) in [6.07, 6.45) is 19.4. The highest BCUT2D eigenvalue weighted by Crippen LogP contribution is 2.34. The number of nitrogens with zero attached hydrogens (tertiary/aromatic N) is 1. The van der Waals surface area contributed by atoms with Crippen molar-refractivity contribution in [3.63, 3.8) is 0 Å². The highest BCUT2D eigenvalue weighted by atomic mass is 15.1. The summed E-state index contributed by atoms with van der Waals surface area (Å²) in [4.78, 5) is 2.60. The molecular formula is C33H68N2. The fourth-order valence-electron chi connectivity index (χ4n) is 5.82. The molecule has 2 nitrogen and oxygen atoms in total. The quantitative estimate of drug-likeness (QED) is 0.394. The van der Waals surface area contributed by atoms with Gasteiger partial charge in [0.15, 0.2) is 0 Å². The number of piperidine rings is 1. The van der Waals surface area contributed by atoms with E-state index in [1.54, 1.807) is 5.57 Å². The zero-order chi connectivity index (χ0) is 25.8. The van der Waals surface area contributed by atoms with Crippen molar-refractivity contribution in [2.75, 3.05) is 26.7 Å². The number of rotatable bonds is 3. The van der Waals surface area contributed by atoms with Gasteiger partial charge in [0.25, 0.3) is 0 Å². The Morgan fingerprint density at radius 3 is 1.71 bits per heavy atom. The highest BCUT2D eigenvalue weighted by Gasteiger charge is 2.22. The summed E-state index contributed by atoms with van der Waals surface area (Å²) >= 11 is 0. The zero-order valence-electron chi connectivity index (χ0n) is 25.3. The van der Waals surface area contributed by atoms with Gasteiger partial charge in [0, 0.05) is 12.6 Å². The van der Waals surface area contributed by atoms with Crippen LogP contribution < -0.4 is 5.32 Å². The zero-order valence-corrected chi connectivity index (χ0v) is 25.3. The smallest absolute Gasteiger partial charge is 0.0102 e. The van der Waals surface area contributed by atoms with E-state index >= 15 is 0 Å². The number of hydrogen-bond donors (Lipinski definition) is 1. The number of likely N-dealkylation sites (tertiary alicyclic amines) is 1. The molecule has 0 amide bonds. The Labute approximate surface area is 223 Å². The third-order valence-electron chi connectivity index (χ3n) is 7.55. The van der Waals surface area contributed by atoms with Crippen LogP contribution >= 0.6 is 0 Å². The lowest BCUT2D eigenvalue weighted by Gasteiger charge is -2.32. The van der Waals surface area contributed by atoms with Crippen molar-refractivity contribution in [3.8, 4) is 0 Å². The lowest BCUT2D eigenvalue weighted by atomic mass is 9.78. The molecule has 0 spiro atoms. The Hall–Kier alpha value is -0.340. The van der Waals surface area contributed by atoms with Gasteiger partial charge in [-0.25, -0.2) is 0 Å². The lowest BCUT2D eigenvalue weighted by Crippen LogP contribution is -2.36. The first kappa shape index (κ1) is 34.7. The SMILES string of the molecule is C.CC(C)(C)CC1CCCCC1.CC(C)(C)CN1CCCCC1.CNC1CC=C(C(C)(C)C)CC1. The van der Waals surface area contributed by atoms with Gasteiger partial charge in [0.05, 0.1) is 0 Å². The van der Waals surface area contributed by atoms with E-state index in [-0.39, 0.29) is 7.43 Å². The first-order valence-electron chi connectivity index (χ1n) is 14.8. The molecule has 1 heterocycles. The van der Waals surface area contributed by atoms with Crippen molar-refractivity contribution < 1.29 is 0 Å². The third-order valence-corrected chi connectivity index (χ3v) is 7.55. The van der Waals surface area contributed by atoms with Crippen LogP contribution in [0.5, 0.6) is 0 Å². The van der Waals surface area contributed by atoms with Gasteiger partial charge in [0.2, 0.25) is 0 Å². The third kappa shape index (κ3) is 17.7. The summed E-state index contributed by atoms with van der Waals surface area (Å²) < 4.78 is 0. The largest absolute Gasteiger partial charge is 0.317 e. The molecule has 1 saturated heterocycles. The second-order valence-corrected chi connectivity index (χ2v) is 14.9. The molecule has 2 heteroatoms. The average Bonchev–Trinajstić information content (AvgIpc) is 2.73. The molecule has 210 valence electrons. The Balaban J connectivity index is 0.000000489. The molecule has 2 aliphatic carbocycles. The first-order valence-corrected chi connectivity index (χ1v) is 14.8. The number of allylic oxidation sites excluding steroid dienone is 1. The molecule has 1 N–H and O–H groups in total. The van der Waals surface area contributed by atoms with E-state index in [9.17, 15) is 0 Å². The van der Waals surface area contributed by atoms with E-state index < -0.39 is 0 Å². The predicted molar refractivity (Wildman–Crippen MR) is 161 cm³/mol. The van der Waals surface area contributed by atoms with Gasteiger partial charge in [-0.05, 0) is 80.8 Å². The van der Waals surface area contributed by atoms with Gasteiger partial charge in [-0.2, -0.15) is 0 Å². The van der Waals surface area contributed by atoms with Gasteiger partial charge in [0.1, 0.15) is 0 Å². The van der Waals surface area contributed by atoms with Crippen LogP contribution in [0, 0.1) is 22.2 Å². The molecule has 1 aliphatic heterocycles. The second kappa shape index (κ2) is 16.5. The molecule has 0 aromatic carbocycles. The van der Waals surface area contributed by atoms with E-state index in [2.05, 4.69) is 85.7 Å². The fourth-order valence-corrected chi connectivity index (χ4v) is 5.82. The summed E-state index contributed by atoms with van der Waals surface area (Å²) in [5.74, 6) is 1.05. The fraction of sp³-hybridized carbons (Fsp3) is 0.939. The van der Waals surface area contributed by atoms with Crippen LogP contribution in [0.4, 0.5) is 0 Å². The van der Waals surface area contributed by atoms with E-state index in [1.165, 1.54) is 96.7 Å². The van der Waals surface area contributed by atoms with Gasteiger partial charge >= 0.3 is 0 Å². The van der Waals surface area contributed by atoms with Crippen LogP contribution in [0.25, 0.3) is 0 Å². The standard InChI is InChI=1S/C11H21N.C11H22.C10H21N.CH4/c1-11(2,3)9-5-7-10(12-4)8-6-9;1-11(2,3)9-10-7-5-4-6-8-10;1-10(2,3)9-11-7-5-4-6-8-11;/h5,10,12H,6-8H2,1-4H3;10H,4-9H2,1-3H3;4-9H2,1-3H3;1H4. The Bertz CT molecular complexity index is 513. The van der Waals surface area contributed by atoms with E-state index in [4.69, 9.17) is 0 Å². The van der Waals surface area contributed by atoms with Crippen LogP contribution in [0.1, 0.15) is 147 Å². The summed E-state index contributed by atoms with van der Waals surface area (Å²) in [5.41, 5.74) is 3.06. The Morgan fingerprint density at radius 2 is 1.31 bits per heavy atom. The molecule has 35 heavy (non-hydrogen) atoms. The topological polar surface area (TPSA) is 15.3 Å². The van der Waals surface area contributed by atoms with Crippen molar-refractivity contribution in [3.05, 3.63) is 11.6 Å². The molecule has 0 aromatic heterocycles. The molecule has 0 bridgehead atoms. The average molecular weight is 493 g/mol. The molecule has 3 rings (SSSR count). The summed E-state index contributed by atoms with van der Waals surface area (Å²) in [6.45, 7) is 24.9. The molecule has 2 fully saturated rings. The van der Waals surface area contributed by atoms with Crippen LogP contribution in [-0.2, 0) is 0 Å². The molecule has 0 radical (unpaired) electrons. The summed E-state index contributed by atoms with van der Waals surface area (Å²) in [7, 11) is 2.06. The van der Waals surface area contributed by atoms with Gasteiger partial charge < -0.3 is 10.2 Å². The predicted octanol–water partition coefficient (Wildman–Crippen LogP) is 9.89. The van der Waals surface area contributed by atoms with Crippen molar-refractivity contribution >= 4 is 0 Å². The van der Waals surface area contributed by atoms with Crippen LogP contribution in [-0.4, -0.2) is 37.6 Å². The lowest BCUT2D eigenvalue weighted by molar-refractivity contribution is 0.164. The maximum Gasteiger partial charge on any atom is 0.0102 e. The molecular weight excluding hydrogens is 424 g/mol. The molecule has 3 aliphatic rings. The van der Waals surface area contributed by atoms with Crippen molar-refractivity contribution in [2.45, 2.75) is 153 Å². The Morgan fingerprint density at radius 1 is 0.771 bits per heavy atom. The maximum atomic E-state index is 3.33. The van der Waals surface area contributed by atoms with E-state index in [0.29, 0.717) is 16.2 Å². The number of hydrogen-bond acceptors (Lipinski definition) is 2. The van der Waals surface area contributed by atoms with Crippen molar-refractivity contribution in [1.29, 1.82) is 0 Å². The minimum absolute atomic E-state index is 0.